The number of rotatable bonds is 4. The molecule has 1 atom stereocenters. The molecule has 100 valence electrons. The van der Waals surface area contributed by atoms with E-state index in [4.69, 9.17) is 0 Å². The summed E-state index contributed by atoms with van der Waals surface area (Å²) in [5.41, 5.74) is 0.549. The number of amides is 1. The van der Waals surface area contributed by atoms with Crippen LogP contribution in [-0.4, -0.2) is 21.5 Å². The maximum Gasteiger partial charge on any atom is 0.254 e. The van der Waals surface area contributed by atoms with Crippen LogP contribution in [0, 0.1) is 12.7 Å². The predicted molar refractivity (Wildman–Crippen MR) is 70.3 cm³/mol. The zero-order chi connectivity index (χ0) is 13.8. The van der Waals surface area contributed by atoms with Crippen molar-refractivity contribution in [1.29, 1.82) is 0 Å². The highest BCUT2D eigenvalue weighted by Crippen LogP contribution is 2.11. The molecule has 0 spiro atoms. The van der Waals surface area contributed by atoms with Crippen LogP contribution >= 0.6 is 0 Å². The predicted octanol–water partition coefficient (Wildman–Crippen LogP) is 2.15. The molecule has 1 aromatic carbocycles. The van der Waals surface area contributed by atoms with Gasteiger partial charge in [0.15, 0.2) is 0 Å². The van der Waals surface area contributed by atoms with Crippen LogP contribution in [0.5, 0.6) is 0 Å². The number of nitrogens with one attached hydrogen (secondary N) is 1. The third-order valence-electron chi connectivity index (χ3n) is 2.86. The Morgan fingerprint density at radius 3 is 3.00 bits per heavy atom. The SMILES string of the molecule is Cc1cccc(C(=O)NC(C)Cn2ccnc2)c1F. The van der Waals surface area contributed by atoms with Gasteiger partial charge in [0.05, 0.1) is 11.9 Å². The van der Waals surface area contributed by atoms with Gasteiger partial charge < -0.3 is 9.88 Å². The molecule has 5 heteroatoms. The standard InChI is InChI=1S/C14H16FN3O/c1-10-4-3-5-12(13(10)15)14(19)17-11(2)8-18-7-6-16-9-18/h3-7,9,11H,8H2,1-2H3,(H,17,19). The lowest BCUT2D eigenvalue weighted by Gasteiger charge is -2.15. The Balaban J connectivity index is 2.02. The van der Waals surface area contributed by atoms with E-state index in [1.54, 1.807) is 31.6 Å². The van der Waals surface area contributed by atoms with Gasteiger partial charge in [-0.15, -0.1) is 0 Å². The summed E-state index contributed by atoms with van der Waals surface area (Å²) in [5.74, 6) is -0.858. The van der Waals surface area contributed by atoms with E-state index in [0.717, 1.165) is 0 Å². The molecule has 0 aliphatic carbocycles. The maximum absolute atomic E-state index is 13.8. The second-order valence-electron chi connectivity index (χ2n) is 4.57. The first-order valence-corrected chi connectivity index (χ1v) is 6.09. The molecule has 0 saturated heterocycles. The van der Waals surface area contributed by atoms with Crippen molar-refractivity contribution in [2.75, 3.05) is 0 Å². The van der Waals surface area contributed by atoms with E-state index in [1.807, 2.05) is 17.7 Å². The number of aryl methyl sites for hydroxylation is 1. The van der Waals surface area contributed by atoms with Crippen LogP contribution in [-0.2, 0) is 6.54 Å². The fraction of sp³-hybridized carbons (Fsp3) is 0.286. The third-order valence-corrected chi connectivity index (χ3v) is 2.86. The summed E-state index contributed by atoms with van der Waals surface area (Å²) >= 11 is 0. The van der Waals surface area contributed by atoms with E-state index in [1.165, 1.54) is 6.07 Å². The molecule has 1 N–H and O–H groups in total. The van der Waals surface area contributed by atoms with Gasteiger partial charge in [-0.25, -0.2) is 9.37 Å². The molecule has 0 radical (unpaired) electrons. The summed E-state index contributed by atoms with van der Waals surface area (Å²) in [7, 11) is 0. The van der Waals surface area contributed by atoms with Crippen molar-refractivity contribution in [2.45, 2.75) is 26.4 Å². The number of imidazole rings is 1. The van der Waals surface area contributed by atoms with E-state index in [-0.39, 0.29) is 11.6 Å². The highest BCUT2D eigenvalue weighted by molar-refractivity contribution is 5.94. The zero-order valence-electron chi connectivity index (χ0n) is 10.9. The average molecular weight is 261 g/mol. The molecule has 1 heterocycles. The van der Waals surface area contributed by atoms with Crippen molar-refractivity contribution in [1.82, 2.24) is 14.9 Å². The van der Waals surface area contributed by atoms with Crippen LogP contribution in [0.25, 0.3) is 0 Å². The number of halogens is 1. The molecule has 0 aliphatic rings. The van der Waals surface area contributed by atoms with Gasteiger partial charge in [0.1, 0.15) is 5.82 Å². The molecule has 0 aliphatic heterocycles. The number of nitrogens with zero attached hydrogens (tertiary/aromatic N) is 2. The van der Waals surface area contributed by atoms with Crippen LogP contribution in [0.2, 0.25) is 0 Å². The number of hydrogen-bond acceptors (Lipinski definition) is 2. The Morgan fingerprint density at radius 1 is 1.53 bits per heavy atom. The van der Waals surface area contributed by atoms with E-state index in [0.29, 0.717) is 12.1 Å². The fourth-order valence-corrected chi connectivity index (χ4v) is 1.88. The molecule has 1 unspecified atom stereocenters. The summed E-state index contributed by atoms with van der Waals surface area (Å²) < 4.78 is 15.7. The van der Waals surface area contributed by atoms with Crippen molar-refractivity contribution in [3.63, 3.8) is 0 Å². The van der Waals surface area contributed by atoms with E-state index in [2.05, 4.69) is 10.3 Å². The van der Waals surface area contributed by atoms with E-state index >= 15 is 0 Å². The van der Waals surface area contributed by atoms with Gasteiger partial charge in [-0.3, -0.25) is 4.79 Å². The summed E-state index contributed by atoms with van der Waals surface area (Å²) in [6.45, 7) is 4.10. The molecule has 1 amide bonds. The Labute approximate surface area is 111 Å². The van der Waals surface area contributed by atoms with Crippen molar-refractivity contribution in [3.8, 4) is 0 Å². The lowest BCUT2D eigenvalue weighted by molar-refractivity contribution is 0.0932. The fourth-order valence-electron chi connectivity index (χ4n) is 1.88. The van der Waals surface area contributed by atoms with Crippen molar-refractivity contribution in [3.05, 3.63) is 53.9 Å². The van der Waals surface area contributed by atoms with E-state index < -0.39 is 11.7 Å². The van der Waals surface area contributed by atoms with Gasteiger partial charge in [-0.05, 0) is 25.5 Å². The smallest absolute Gasteiger partial charge is 0.254 e. The Kier molecular flexibility index (Phi) is 3.94. The number of aromatic nitrogens is 2. The summed E-state index contributed by atoms with van der Waals surface area (Å²) in [6, 6.07) is 4.69. The Hall–Kier alpha value is -2.17. The second kappa shape index (κ2) is 5.65. The lowest BCUT2D eigenvalue weighted by Crippen LogP contribution is -2.36. The number of carbonyl (C=O) groups is 1. The number of hydrogen-bond donors (Lipinski definition) is 1. The van der Waals surface area contributed by atoms with Crippen molar-refractivity contribution in [2.24, 2.45) is 0 Å². The van der Waals surface area contributed by atoms with Gasteiger partial charge in [0, 0.05) is 25.0 Å². The van der Waals surface area contributed by atoms with Gasteiger partial charge >= 0.3 is 0 Å². The molecule has 1 aromatic heterocycles. The minimum Gasteiger partial charge on any atom is -0.348 e. The molecule has 0 fully saturated rings. The molecule has 4 nitrogen and oxygen atoms in total. The molecular formula is C14H16FN3O. The van der Waals surface area contributed by atoms with E-state index in [9.17, 15) is 9.18 Å². The Bertz CT molecular complexity index is 566. The van der Waals surface area contributed by atoms with Gasteiger partial charge in [0.25, 0.3) is 5.91 Å². The number of carbonyl (C=O) groups excluding carboxylic acids is 1. The highest BCUT2D eigenvalue weighted by atomic mass is 19.1. The summed E-state index contributed by atoms with van der Waals surface area (Å²) in [6.07, 6.45) is 5.17. The first-order chi connectivity index (χ1) is 9.08. The van der Waals surface area contributed by atoms with Gasteiger partial charge in [-0.1, -0.05) is 12.1 Å². The minimum atomic E-state index is -0.463. The van der Waals surface area contributed by atoms with Crippen molar-refractivity contribution < 1.29 is 9.18 Å². The molecule has 2 rings (SSSR count). The molecule has 2 aromatic rings. The maximum atomic E-state index is 13.8. The first-order valence-electron chi connectivity index (χ1n) is 6.09. The second-order valence-corrected chi connectivity index (χ2v) is 4.57. The van der Waals surface area contributed by atoms with Gasteiger partial charge in [-0.2, -0.15) is 0 Å². The van der Waals surface area contributed by atoms with Crippen LogP contribution < -0.4 is 5.32 Å². The van der Waals surface area contributed by atoms with Crippen LogP contribution in [0.4, 0.5) is 4.39 Å². The normalized spacial score (nSPS) is 12.2. The van der Waals surface area contributed by atoms with Crippen LogP contribution in [0.3, 0.4) is 0 Å². The van der Waals surface area contributed by atoms with Crippen LogP contribution in [0.15, 0.2) is 36.9 Å². The largest absolute Gasteiger partial charge is 0.348 e. The topological polar surface area (TPSA) is 46.9 Å². The molecule has 0 saturated carbocycles. The monoisotopic (exact) mass is 261 g/mol. The molecular weight excluding hydrogens is 245 g/mol. The highest BCUT2D eigenvalue weighted by Gasteiger charge is 2.15. The minimum absolute atomic E-state index is 0.0810. The van der Waals surface area contributed by atoms with Crippen LogP contribution in [0.1, 0.15) is 22.8 Å². The lowest BCUT2D eigenvalue weighted by atomic mass is 10.1. The Morgan fingerprint density at radius 2 is 2.32 bits per heavy atom. The average Bonchev–Trinajstić information content (AvgIpc) is 2.85. The quantitative estimate of drug-likeness (QED) is 0.916. The molecule has 19 heavy (non-hydrogen) atoms. The zero-order valence-corrected chi connectivity index (χ0v) is 10.9. The molecule has 0 bridgehead atoms. The third kappa shape index (κ3) is 3.19. The van der Waals surface area contributed by atoms with Crippen molar-refractivity contribution >= 4 is 5.91 Å². The number of benzene rings is 1. The summed E-state index contributed by atoms with van der Waals surface area (Å²) in [4.78, 5) is 15.9. The van der Waals surface area contributed by atoms with Gasteiger partial charge in [0.2, 0.25) is 0 Å². The summed E-state index contributed by atoms with van der Waals surface area (Å²) in [5, 5.41) is 2.77. The first kappa shape index (κ1) is 13.3.